The van der Waals surface area contributed by atoms with E-state index in [1.165, 1.54) is 0 Å². The van der Waals surface area contributed by atoms with E-state index in [-0.39, 0.29) is 24.4 Å². The number of urea groups is 1. The summed E-state index contributed by atoms with van der Waals surface area (Å²) in [6.45, 7) is 3.40. The smallest absolute Gasteiger partial charge is 0.322 e. The van der Waals surface area contributed by atoms with Gasteiger partial charge in [-0.1, -0.05) is 24.3 Å². The SMILES string of the molecule is COCCCn1c([C@@H]2CCCN(C(=O)[C@@H]3CN(C(=O)Nc4ccccc4OC)C[C@H]3N)C2)nc2ccccc21. The molecule has 0 bridgehead atoms. The first kappa shape index (κ1) is 27.0. The van der Waals surface area contributed by atoms with Crippen molar-refractivity contribution in [1.82, 2.24) is 19.4 Å². The van der Waals surface area contributed by atoms with Crippen molar-refractivity contribution in [3.05, 3.63) is 54.4 Å². The van der Waals surface area contributed by atoms with E-state index in [4.69, 9.17) is 20.2 Å². The van der Waals surface area contributed by atoms with E-state index in [9.17, 15) is 9.59 Å². The highest BCUT2D eigenvalue weighted by molar-refractivity contribution is 5.92. The summed E-state index contributed by atoms with van der Waals surface area (Å²) in [5.41, 5.74) is 9.10. The lowest BCUT2D eigenvalue weighted by Crippen LogP contribution is -2.47. The summed E-state index contributed by atoms with van der Waals surface area (Å²) >= 11 is 0. The molecular formula is C29H38N6O4. The van der Waals surface area contributed by atoms with Gasteiger partial charge in [-0.15, -0.1) is 0 Å². The molecule has 2 fully saturated rings. The number of ether oxygens (including phenoxy) is 2. The molecule has 3 aromatic rings. The van der Waals surface area contributed by atoms with Crippen molar-refractivity contribution >= 4 is 28.7 Å². The Kier molecular flexibility index (Phi) is 8.33. The van der Waals surface area contributed by atoms with Crippen molar-refractivity contribution < 1.29 is 19.1 Å². The fraction of sp³-hybridized carbons (Fsp3) is 0.483. The number of likely N-dealkylation sites (tertiary alicyclic amines) is 2. The summed E-state index contributed by atoms with van der Waals surface area (Å²) in [6, 6.07) is 14.7. The Morgan fingerprint density at radius 2 is 1.85 bits per heavy atom. The molecule has 2 aliphatic heterocycles. The summed E-state index contributed by atoms with van der Waals surface area (Å²) in [5, 5.41) is 2.89. The number of anilines is 1. The quantitative estimate of drug-likeness (QED) is 0.429. The largest absolute Gasteiger partial charge is 0.495 e. The first-order valence-corrected chi connectivity index (χ1v) is 13.7. The fourth-order valence-electron chi connectivity index (χ4n) is 5.83. The highest BCUT2D eigenvalue weighted by atomic mass is 16.5. The number of hydrogen-bond donors (Lipinski definition) is 2. The number of hydrogen-bond acceptors (Lipinski definition) is 6. The number of imidazole rings is 1. The van der Waals surface area contributed by atoms with Gasteiger partial charge in [-0.25, -0.2) is 9.78 Å². The molecule has 3 atom stereocenters. The molecule has 0 unspecified atom stereocenters. The number of nitrogens with zero attached hydrogens (tertiary/aromatic N) is 4. The minimum Gasteiger partial charge on any atom is -0.495 e. The van der Waals surface area contributed by atoms with E-state index in [1.807, 2.05) is 35.2 Å². The number of nitrogens with one attached hydrogen (secondary N) is 1. The van der Waals surface area contributed by atoms with Crippen LogP contribution in [0.25, 0.3) is 11.0 Å². The molecular weight excluding hydrogens is 496 g/mol. The van der Waals surface area contributed by atoms with Crippen LogP contribution >= 0.6 is 0 Å². The van der Waals surface area contributed by atoms with Crippen LogP contribution in [0.1, 0.15) is 31.0 Å². The van der Waals surface area contributed by atoms with Crippen molar-refractivity contribution in [2.45, 2.75) is 37.8 Å². The summed E-state index contributed by atoms with van der Waals surface area (Å²) < 4.78 is 12.9. The topological polar surface area (TPSA) is 115 Å². The van der Waals surface area contributed by atoms with E-state index >= 15 is 0 Å². The fourth-order valence-corrected chi connectivity index (χ4v) is 5.83. The number of piperidine rings is 1. The van der Waals surface area contributed by atoms with Crippen LogP contribution in [0.4, 0.5) is 10.5 Å². The molecule has 1 aromatic heterocycles. The number of benzene rings is 2. The molecule has 0 aliphatic carbocycles. The third kappa shape index (κ3) is 5.72. The molecule has 5 rings (SSSR count). The molecule has 0 radical (unpaired) electrons. The number of fused-ring (bicyclic) bond motifs is 1. The molecule has 3 amide bonds. The normalized spacial score (nSPS) is 21.4. The van der Waals surface area contributed by atoms with Crippen molar-refractivity contribution in [2.24, 2.45) is 11.7 Å². The predicted octanol–water partition coefficient (Wildman–Crippen LogP) is 3.28. The molecule has 2 aliphatic rings. The van der Waals surface area contributed by atoms with Crippen LogP contribution in [0.5, 0.6) is 5.75 Å². The number of amides is 3. The van der Waals surface area contributed by atoms with Gasteiger partial charge in [0, 0.05) is 58.4 Å². The number of aryl methyl sites for hydroxylation is 1. The van der Waals surface area contributed by atoms with Gasteiger partial charge in [0.2, 0.25) is 5.91 Å². The summed E-state index contributed by atoms with van der Waals surface area (Å²) in [7, 11) is 3.28. The summed E-state index contributed by atoms with van der Waals surface area (Å²) in [6.07, 6.45) is 2.77. The molecule has 0 spiro atoms. The summed E-state index contributed by atoms with van der Waals surface area (Å²) in [5.74, 6) is 1.32. The molecule has 10 nitrogen and oxygen atoms in total. The van der Waals surface area contributed by atoms with E-state index in [0.717, 1.165) is 42.7 Å². The average molecular weight is 535 g/mol. The van der Waals surface area contributed by atoms with E-state index in [0.29, 0.717) is 37.7 Å². The zero-order valence-electron chi connectivity index (χ0n) is 22.7. The third-order valence-corrected chi connectivity index (χ3v) is 7.83. The van der Waals surface area contributed by atoms with Crippen LogP contribution in [0.15, 0.2) is 48.5 Å². The molecule has 39 heavy (non-hydrogen) atoms. The Morgan fingerprint density at radius 3 is 2.67 bits per heavy atom. The molecule has 10 heteroatoms. The number of aromatic nitrogens is 2. The van der Waals surface area contributed by atoms with Gasteiger partial charge < -0.3 is 34.9 Å². The van der Waals surface area contributed by atoms with Gasteiger partial charge in [-0.05, 0) is 43.5 Å². The Labute approximate surface area is 229 Å². The lowest BCUT2D eigenvalue weighted by atomic mass is 9.94. The maximum atomic E-state index is 13.7. The summed E-state index contributed by atoms with van der Waals surface area (Å²) in [4.78, 5) is 35.3. The maximum absolute atomic E-state index is 13.7. The van der Waals surface area contributed by atoms with E-state index < -0.39 is 12.0 Å². The molecule has 3 heterocycles. The second-order valence-corrected chi connectivity index (χ2v) is 10.4. The Bertz CT molecular complexity index is 1310. The van der Waals surface area contributed by atoms with Gasteiger partial charge in [-0.2, -0.15) is 0 Å². The first-order chi connectivity index (χ1) is 19.0. The molecule has 208 valence electrons. The number of carbonyl (C=O) groups is 2. The van der Waals surface area contributed by atoms with Gasteiger partial charge in [0.05, 0.1) is 29.7 Å². The Morgan fingerprint density at radius 1 is 1.05 bits per heavy atom. The van der Waals surface area contributed by atoms with Gasteiger partial charge in [-0.3, -0.25) is 4.79 Å². The van der Waals surface area contributed by atoms with Gasteiger partial charge in [0.15, 0.2) is 0 Å². The van der Waals surface area contributed by atoms with Crippen LogP contribution in [-0.4, -0.2) is 84.3 Å². The molecule has 2 saturated heterocycles. The van der Waals surface area contributed by atoms with Crippen LogP contribution in [-0.2, 0) is 16.1 Å². The van der Waals surface area contributed by atoms with Crippen molar-refractivity contribution in [2.75, 3.05) is 52.3 Å². The average Bonchev–Trinajstić information content (AvgIpc) is 3.54. The van der Waals surface area contributed by atoms with Crippen LogP contribution in [0, 0.1) is 5.92 Å². The number of carbonyl (C=O) groups excluding carboxylic acids is 2. The molecule has 3 N–H and O–H groups in total. The zero-order chi connectivity index (χ0) is 27.4. The lowest BCUT2D eigenvalue weighted by molar-refractivity contribution is -0.136. The Hall–Kier alpha value is -3.63. The number of para-hydroxylation sites is 4. The highest BCUT2D eigenvalue weighted by Gasteiger charge is 2.41. The Balaban J connectivity index is 1.27. The number of methoxy groups -OCH3 is 2. The standard InChI is InChI=1S/C29H38N6O4/c1-38-16-8-15-35-25-12-5-3-10-23(25)31-27(35)20-9-7-14-33(17-20)28(36)21-18-34(19-22(21)30)29(37)32-24-11-4-6-13-26(24)39-2/h3-6,10-13,20-22H,7-9,14-19,30H2,1-2H3,(H,32,37)/t20-,21-,22-/m1/s1. The van der Waals surface area contributed by atoms with E-state index in [2.05, 4.69) is 16.0 Å². The first-order valence-electron chi connectivity index (χ1n) is 13.7. The highest BCUT2D eigenvalue weighted by Crippen LogP contribution is 2.31. The molecule has 0 saturated carbocycles. The molecule has 2 aromatic carbocycles. The second kappa shape index (κ2) is 12.0. The van der Waals surface area contributed by atoms with Crippen LogP contribution in [0.3, 0.4) is 0 Å². The van der Waals surface area contributed by atoms with Crippen molar-refractivity contribution in [3.8, 4) is 5.75 Å². The maximum Gasteiger partial charge on any atom is 0.322 e. The minimum absolute atomic E-state index is 0.0156. The predicted molar refractivity (Wildman–Crippen MR) is 150 cm³/mol. The van der Waals surface area contributed by atoms with Gasteiger partial charge >= 0.3 is 6.03 Å². The van der Waals surface area contributed by atoms with Crippen molar-refractivity contribution in [3.63, 3.8) is 0 Å². The van der Waals surface area contributed by atoms with Crippen LogP contribution < -0.4 is 15.8 Å². The minimum atomic E-state index is -0.437. The van der Waals surface area contributed by atoms with Gasteiger partial charge in [0.25, 0.3) is 0 Å². The third-order valence-electron chi connectivity index (χ3n) is 7.83. The monoisotopic (exact) mass is 534 g/mol. The van der Waals surface area contributed by atoms with Gasteiger partial charge in [0.1, 0.15) is 11.6 Å². The van der Waals surface area contributed by atoms with E-state index in [1.54, 1.807) is 31.3 Å². The lowest BCUT2D eigenvalue weighted by Gasteiger charge is -2.35. The number of rotatable bonds is 8. The second-order valence-electron chi connectivity index (χ2n) is 10.4. The number of nitrogens with two attached hydrogens (primary N) is 1. The van der Waals surface area contributed by atoms with Crippen molar-refractivity contribution in [1.29, 1.82) is 0 Å². The van der Waals surface area contributed by atoms with Crippen LogP contribution in [0.2, 0.25) is 0 Å². The zero-order valence-corrected chi connectivity index (χ0v) is 22.7.